The van der Waals surface area contributed by atoms with Crippen LogP contribution in [0.2, 0.25) is 0 Å². The van der Waals surface area contributed by atoms with E-state index in [9.17, 15) is 19.3 Å². The van der Waals surface area contributed by atoms with E-state index in [2.05, 4.69) is 25.9 Å². The summed E-state index contributed by atoms with van der Waals surface area (Å²) in [5.41, 5.74) is 5.13. The summed E-state index contributed by atoms with van der Waals surface area (Å²) in [6, 6.07) is 7.07. The lowest BCUT2D eigenvalue weighted by molar-refractivity contribution is -0.384. The van der Waals surface area contributed by atoms with E-state index in [1.54, 1.807) is 19.9 Å². The van der Waals surface area contributed by atoms with Gasteiger partial charge in [-0.15, -0.1) is 0 Å². The Labute approximate surface area is 152 Å². The highest BCUT2D eigenvalue weighted by Crippen LogP contribution is 2.27. The van der Waals surface area contributed by atoms with Gasteiger partial charge in [0, 0.05) is 5.69 Å². The number of benzene rings is 1. The average molecular weight is 371 g/mol. The first-order valence-corrected chi connectivity index (χ1v) is 7.72. The fraction of sp³-hybridized carbons (Fsp3) is 0.125. The Kier molecular flexibility index (Phi) is 4.75. The first-order valence-electron chi connectivity index (χ1n) is 7.72. The third-order valence-electron chi connectivity index (χ3n) is 3.61. The van der Waals surface area contributed by atoms with Gasteiger partial charge >= 0.3 is 5.69 Å². The minimum absolute atomic E-state index is 0.0664. The molecule has 1 amide bonds. The molecule has 0 unspecified atom stereocenters. The van der Waals surface area contributed by atoms with E-state index in [1.807, 2.05) is 0 Å². The summed E-state index contributed by atoms with van der Waals surface area (Å²) in [5.74, 6) is -1.86. The van der Waals surface area contributed by atoms with Gasteiger partial charge in [-0.05, 0) is 32.0 Å². The molecule has 138 valence electrons. The second-order valence-electron chi connectivity index (χ2n) is 5.55. The first-order chi connectivity index (χ1) is 12.9. The number of nitrogens with zero attached hydrogens (tertiary/aromatic N) is 5. The Hall–Kier alpha value is -3.89. The summed E-state index contributed by atoms with van der Waals surface area (Å²) < 4.78 is 15.0. The number of amides is 1. The number of nitrogens with one attached hydrogen (secondary N) is 2. The number of aromatic nitrogens is 4. The number of carbonyl (C=O) groups is 1. The van der Waals surface area contributed by atoms with Gasteiger partial charge in [0.1, 0.15) is 12.1 Å². The number of hydrazine groups is 1. The highest BCUT2D eigenvalue weighted by atomic mass is 19.1. The number of aryl methyl sites for hydroxylation is 2. The molecule has 0 spiro atoms. The van der Waals surface area contributed by atoms with E-state index in [0.717, 1.165) is 12.4 Å². The van der Waals surface area contributed by atoms with Crippen molar-refractivity contribution >= 4 is 17.4 Å². The Bertz CT molecular complexity index is 1030. The smallest absolute Gasteiger partial charge is 0.276 e. The maximum Gasteiger partial charge on any atom is 0.357 e. The van der Waals surface area contributed by atoms with E-state index in [0.29, 0.717) is 11.4 Å². The van der Waals surface area contributed by atoms with Gasteiger partial charge in [-0.1, -0.05) is 12.1 Å². The lowest BCUT2D eigenvalue weighted by Gasteiger charge is -2.10. The molecular weight excluding hydrogens is 357 g/mol. The molecule has 3 rings (SSSR count). The van der Waals surface area contributed by atoms with Crippen LogP contribution in [0.25, 0.3) is 5.82 Å². The van der Waals surface area contributed by atoms with Crippen LogP contribution in [0.5, 0.6) is 0 Å². The number of carbonyl (C=O) groups excluding carboxylic acids is 1. The highest BCUT2D eigenvalue weighted by Gasteiger charge is 2.26. The molecular formula is C16H14FN7O3. The maximum atomic E-state index is 13.7. The van der Waals surface area contributed by atoms with Crippen LogP contribution in [0.3, 0.4) is 0 Å². The van der Waals surface area contributed by atoms with E-state index in [-0.39, 0.29) is 17.2 Å². The molecule has 1 aromatic carbocycles. The number of anilines is 1. The summed E-state index contributed by atoms with van der Waals surface area (Å²) in [6.07, 6.45) is 1.09. The molecule has 3 aromatic rings. The molecule has 2 N–H and O–H groups in total. The quantitative estimate of drug-likeness (QED) is 0.519. The molecule has 2 aromatic heterocycles. The van der Waals surface area contributed by atoms with Gasteiger partial charge in [-0.3, -0.25) is 25.8 Å². The fourth-order valence-electron chi connectivity index (χ4n) is 2.46. The lowest BCUT2D eigenvalue weighted by Crippen LogP contribution is -2.31. The topological polar surface area (TPSA) is 128 Å². The zero-order valence-corrected chi connectivity index (χ0v) is 14.3. The predicted molar refractivity (Wildman–Crippen MR) is 92.8 cm³/mol. The summed E-state index contributed by atoms with van der Waals surface area (Å²) in [4.78, 5) is 30.7. The number of halogens is 1. The van der Waals surface area contributed by atoms with Gasteiger partial charge in [-0.2, -0.15) is 5.10 Å². The van der Waals surface area contributed by atoms with Crippen molar-refractivity contribution in [3.63, 3.8) is 0 Å². The summed E-state index contributed by atoms with van der Waals surface area (Å²) in [6.45, 7) is 3.46. The van der Waals surface area contributed by atoms with Crippen molar-refractivity contribution < 1.29 is 14.1 Å². The number of nitro groups is 1. The van der Waals surface area contributed by atoms with E-state index in [4.69, 9.17) is 0 Å². The van der Waals surface area contributed by atoms with Crippen molar-refractivity contribution in [2.75, 3.05) is 5.43 Å². The Balaban J connectivity index is 1.93. The molecule has 0 aliphatic rings. The standard InChI is InChI=1S/C16H14FN7O3/c1-9-7-10(2)23(22-9)15-13(24(26)27)14(18-8-19-15)20-21-16(25)11-5-3-4-6-12(11)17/h3-8H,1-2H3,(H,21,25)(H,18,19,20). The van der Waals surface area contributed by atoms with Crippen molar-refractivity contribution in [1.82, 2.24) is 25.2 Å². The van der Waals surface area contributed by atoms with Crippen molar-refractivity contribution in [3.8, 4) is 5.82 Å². The van der Waals surface area contributed by atoms with Gasteiger partial charge in [0.15, 0.2) is 0 Å². The Morgan fingerprint density at radius 3 is 2.63 bits per heavy atom. The SMILES string of the molecule is Cc1cc(C)n(-c2ncnc(NNC(=O)c3ccccc3F)c2[N+](=O)[O-])n1. The molecule has 0 saturated heterocycles. The van der Waals surface area contributed by atoms with Crippen molar-refractivity contribution in [2.24, 2.45) is 0 Å². The summed E-state index contributed by atoms with van der Waals surface area (Å²) in [7, 11) is 0. The van der Waals surface area contributed by atoms with Crippen LogP contribution in [-0.2, 0) is 0 Å². The Morgan fingerprint density at radius 1 is 1.26 bits per heavy atom. The van der Waals surface area contributed by atoms with E-state index in [1.165, 1.54) is 22.9 Å². The molecule has 2 heterocycles. The van der Waals surface area contributed by atoms with Crippen LogP contribution in [0, 0.1) is 29.8 Å². The number of rotatable bonds is 5. The Morgan fingerprint density at radius 2 is 2.00 bits per heavy atom. The maximum absolute atomic E-state index is 13.7. The minimum atomic E-state index is -0.811. The number of hydrogen-bond donors (Lipinski definition) is 2. The van der Waals surface area contributed by atoms with Gasteiger partial charge in [0.2, 0.25) is 11.6 Å². The molecule has 27 heavy (non-hydrogen) atoms. The van der Waals surface area contributed by atoms with Crippen molar-refractivity contribution in [3.05, 3.63) is 69.5 Å². The molecule has 10 nitrogen and oxygen atoms in total. The van der Waals surface area contributed by atoms with Crippen molar-refractivity contribution in [1.29, 1.82) is 0 Å². The van der Waals surface area contributed by atoms with Crippen LogP contribution in [0.15, 0.2) is 36.7 Å². The van der Waals surface area contributed by atoms with E-state index < -0.39 is 22.3 Å². The third kappa shape index (κ3) is 3.56. The van der Waals surface area contributed by atoms with Gasteiger partial charge < -0.3 is 0 Å². The first kappa shape index (κ1) is 17.9. The molecule has 11 heteroatoms. The largest absolute Gasteiger partial charge is 0.357 e. The van der Waals surface area contributed by atoms with Crippen LogP contribution >= 0.6 is 0 Å². The molecule has 0 aliphatic heterocycles. The molecule has 0 atom stereocenters. The third-order valence-corrected chi connectivity index (χ3v) is 3.61. The number of hydrogen-bond acceptors (Lipinski definition) is 7. The van der Waals surface area contributed by atoms with Gasteiger partial charge in [0.05, 0.1) is 16.2 Å². The van der Waals surface area contributed by atoms with Gasteiger partial charge in [0.25, 0.3) is 5.91 Å². The van der Waals surface area contributed by atoms with Gasteiger partial charge in [-0.25, -0.2) is 19.0 Å². The predicted octanol–water partition coefficient (Wildman–Crippen LogP) is 2.08. The molecule has 0 aliphatic carbocycles. The average Bonchev–Trinajstić information content (AvgIpc) is 2.97. The lowest BCUT2D eigenvalue weighted by atomic mass is 10.2. The molecule has 0 bridgehead atoms. The molecule has 0 saturated carbocycles. The summed E-state index contributed by atoms with van der Waals surface area (Å²) >= 11 is 0. The molecule has 0 radical (unpaired) electrons. The normalized spacial score (nSPS) is 10.5. The van der Waals surface area contributed by atoms with Crippen LogP contribution in [-0.4, -0.2) is 30.6 Å². The highest BCUT2D eigenvalue weighted by molar-refractivity contribution is 5.95. The second-order valence-corrected chi connectivity index (χ2v) is 5.55. The summed E-state index contributed by atoms with van der Waals surface area (Å²) in [5, 5.41) is 15.8. The van der Waals surface area contributed by atoms with E-state index >= 15 is 0 Å². The fourth-order valence-corrected chi connectivity index (χ4v) is 2.46. The van der Waals surface area contributed by atoms with Crippen LogP contribution < -0.4 is 10.9 Å². The zero-order valence-electron chi connectivity index (χ0n) is 14.3. The monoisotopic (exact) mass is 371 g/mol. The van der Waals surface area contributed by atoms with Crippen LogP contribution in [0.4, 0.5) is 15.9 Å². The zero-order chi connectivity index (χ0) is 19.6. The van der Waals surface area contributed by atoms with Crippen molar-refractivity contribution in [2.45, 2.75) is 13.8 Å². The van der Waals surface area contributed by atoms with Crippen LogP contribution in [0.1, 0.15) is 21.7 Å². The minimum Gasteiger partial charge on any atom is -0.276 e. The molecule has 0 fully saturated rings. The second kappa shape index (κ2) is 7.15.